The molecule has 0 aromatic carbocycles. The molecule has 2 saturated heterocycles. The molecule has 2 heterocycles. The van der Waals surface area contributed by atoms with Gasteiger partial charge in [-0.25, -0.2) is 0 Å². The molecule has 2 N–H and O–H groups in total. The smallest absolute Gasteiger partial charge is 0.307 e. The van der Waals surface area contributed by atoms with Crippen molar-refractivity contribution in [2.75, 3.05) is 7.11 Å². The summed E-state index contributed by atoms with van der Waals surface area (Å²) in [5.41, 5.74) is -0.201. The molecule has 2 bridgehead atoms. The molecule has 4 heteroatoms. The van der Waals surface area contributed by atoms with E-state index in [0.29, 0.717) is 18.9 Å². The Bertz CT molecular complexity index is 252. The van der Waals surface area contributed by atoms with Crippen molar-refractivity contribution in [3.8, 4) is 0 Å². The minimum absolute atomic E-state index is 0.183. The average molecular weight is 213 g/mol. The average Bonchev–Trinajstić information content (AvgIpc) is 2.15. The summed E-state index contributed by atoms with van der Waals surface area (Å²) in [6.45, 7) is 0. The van der Waals surface area contributed by atoms with E-state index in [1.807, 2.05) is 0 Å². The number of carbonyl (C=O) groups excluding carboxylic acids is 1. The van der Waals surface area contributed by atoms with Crippen LogP contribution in [0.3, 0.4) is 0 Å². The highest BCUT2D eigenvalue weighted by Crippen LogP contribution is 2.36. The van der Waals surface area contributed by atoms with E-state index in [2.05, 4.69) is 5.32 Å². The summed E-state index contributed by atoms with van der Waals surface area (Å²) in [5, 5.41) is 13.3. The van der Waals surface area contributed by atoms with Gasteiger partial charge in [-0.05, 0) is 25.7 Å². The van der Waals surface area contributed by atoms with E-state index in [1.165, 1.54) is 7.11 Å². The van der Waals surface area contributed by atoms with Gasteiger partial charge in [0.15, 0.2) is 0 Å². The van der Waals surface area contributed by atoms with Crippen LogP contribution < -0.4 is 5.32 Å². The van der Waals surface area contributed by atoms with Crippen molar-refractivity contribution in [1.82, 2.24) is 5.32 Å². The Labute approximate surface area is 90.0 Å². The monoisotopic (exact) mass is 213 g/mol. The van der Waals surface area contributed by atoms with E-state index >= 15 is 0 Å². The van der Waals surface area contributed by atoms with Crippen LogP contribution in [0.1, 0.15) is 38.5 Å². The number of nitrogens with one attached hydrogen (secondary N) is 1. The molecule has 0 radical (unpaired) electrons. The van der Waals surface area contributed by atoms with E-state index in [1.54, 1.807) is 0 Å². The molecule has 2 fully saturated rings. The third-order valence-electron chi connectivity index (χ3n) is 3.61. The topological polar surface area (TPSA) is 58.6 Å². The van der Waals surface area contributed by atoms with Crippen molar-refractivity contribution in [1.29, 1.82) is 0 Å². The maximum atomic E-state index is 11.3. The van der Waals surface area contributed by atoms with Gasteiger partial charge in [0, 0.05) is 11.6 Å². The highest BCUT2D eigenvalue weighted by molar-refractivity contribution is 5.70. The number of methoxy groups -OCH3 is 1. The normalized spacial score (nSPS) is 39.9. The lowest BCUT2D eigenvalue weighted by molar-refractivity contribution is -0.143. The predicted molar refractivity (Wildman–Crippen MR) is 55.4 cm³/mol. The summed E-state index contributed by atoms with van der Waals surface area (Å²) in [6.07, 6.45) is 4.84. The SMILES string of the molecule is COC(=O)CC12CCCC(CC(O)C1)N2. The standard InChI is InChI=1S/C11H19NO3/c1-15-10(14)7-11-4-2-3-8(12-11)5-9(13)6-11/h8-9,12-13H,2-7H2,1H3. The Hall–Kier alpha value is -0.610. The quantitative estimate of drug-likeness (QED) is 0.659. The van der Waals surface area contributed by atoms with Crippen molar-refractivity contribution < 1.29 is 14.6 Å². The van der Waals surface area contributed by atoms with Crippen LogP contribution in [-0.2, 0) is 9.53 Å². The number of aliphatic hydroxyl groups excluding tert-OH is 1. The molecule has 0 aliphatic carbocycles. The van der Waals surface area contributed by atoms with Crippen LogP contribution in [0.25, 0.3) is 0 Å². The van der Waals surface area contributed by atoms with Gasteiger partial charge >= 0.3 is 5.97 Å². The zero-order valence-electron chi connectivity index (χ0n) is 9.16. The molecular formula is C11H19NO3. The molecular weight excluding hydrogens is 194 g/mol. The number of rotatable bonds is 2. The molecule has 2 aliphatic heterocycles. The Balaban J connectivity index is 2.06. The molecule has 0 saturated carbocycles. The Morgan fingerprint density at radius 3 is 3.20 bits per heavy atom. The van der Waals surface area contributed by atoms with Gasteiger partial charge in [0.1, 0.15) is 0 Å². The van der Waals surface area contributed by atoms with Crippen LogP contribution in [0.2, 0.25) is 0 Å². The van der Waals surface area contributed by atoms with Crippen LogP contribution in [0.5, 0.6) is 0 Å². The minimum Gasteiger partial charge on any atom is -0.469 e. The fourth-order valence-corrected chi connectivity index (χ4v) is 3.02. The van der Waals surface area contributed by atoms with Gasteiger partial charge in [-0.1, -0.05) is 6.42 Å². The summed E-state index contributed by atoms with van der Waals surface area (Å²) in [6, 6.07) is 0.382. The van der Waals surface area contributed by atoms with Crippen molar-refractivity contribution in [3.05, 3.63) is 0 Å². The molecule has 2 rings (SSSR count). The van der Waals surface area contributed by atoms with Crippen molar-refractivity contribution >= 4 is 5.97 Å². The molecule has 4 nitrogen and oxygen atoms in total. The largest absolute Gasteiger partial charge is 0.469 e. The molecule has 0 amide bonds. The van der Waals surface area contributed by atoms with Gasteiger partial charge in [0.2, 0.25) is 0 Å². The van der Waals surface area contributed by atoms with E-state index in [9.17, 15) is 9.90 Å². The van der Waals surface area contributed by atoms with Crippen molar-refractivity contribution in [2.24, 2.45) is 0 Å². The number of piperidine rings is 2. The van der Waals surface area contributed by atoms with Gasteiger partial charge in [-0.2, -0.15) is 0 Å². The molecule has 2 aliphatic rings. The fraction of sp³-hybridized carbons (Fsp3) is 0.909. The van der Waals surface area contributed by atoms with Crippen LogP contribution in [0, 0.1) is 0 Å². The number of hydrogen-bond acceptors (Lipinski definition) is 4. The summed E-state index contributed by atoms with van der Waals surface area (Å²) < 4.78 is 4.71. The maximum Gasteiger partial charge on any atom is 0.307 e. The Morgan fingerprint density at radius 1 is 1.67 bits per heavy atom. The van der Waals surface area contributed by atoms with Crippen molar-refractivity contribution in [2.45, 2.75) is 56.2 Å². The first-order valence-electron chi connectivity index (χ1n) is 5.66. The van der Waals surface area contributed by atoms with Crippen molar-refractivity contribution in [3.63, 3.8) is 0 Å². The second-order valence-corrected chi connectivity index (χ2v) is 4.86. The van der Waals surface area contributed by atoms with Gasteiger partial charge in [0.05, 0.1) is 19.6 Å². The van der Waals surface area contributed by atoms with Crippen LogP contribution >= 0.6 is 0 Å². The van der Waals surface area contributed by atoms with Gasteiger partial charge in [-0.15, -0.1) is 0 Å². The van der Waals surface area contributed by atoms with E-state index in [4.69, 9.17) is 4.74 Å². The first-order valence-corrected chi connectivity index (χ1v) is 5.66. The summed E-state index contributed by atoms with van der Waals surface area (Å²) in [5.74, 6) is -0.183. The number of hydrogen-bond donors (Lipinski definition) is 2. The van der Waals surface area contributed by atoms with Gasteiger partial charge in [-0.3, -0.25) is 4.79 Å². The maximum absolute atomic E-state index is 11.3. The van der Waals surface area contributed by atoms with Gasteiger partial charge < -0.3 is 15.2 Å². The third-order valence-corrected chi connectivity index (χ3v) is 3.61. The Morgan fingerprint density at radius 2 is 2.47 bits per heavy atom. The van der Waals surface area contributed by atoms with Crippen LogP contribution in [0.15, 0.2) is 0 Å². The predicted octanol–water partition coefficient (Wildman–Crippen LogP) is 0.585. The van der Waals surface area contributed by atoms with Crippen LogP contribution in [0.4, 0.5) is 0 Å². The molecule has 3 atom stereocenters. The summed E-state index contributed by atoms with van der Waals surface area (Å²) in [4.78, 5) is 11.3. The lowest BCUT2D eigenvalue weighted by atomic mass is 9.73. The molecule has 0 spiro atoms. The highest BCUT2D eigenvalue weighted by atomic mass is 16.5. The lowest BCUT2D eigenvalue weighted by Crippen LogP contribution is -2.60. The number of esters is 1. The number of ether oxygens (including phenoxy) is 1. The second kappa shape index (κ2) is 4.10. The number of carbonyl (C=O) groups is 1. The second-order valence-electron chi connectivity index (χ2n) is 4.86. The van der Waals surface area contributed by atoms with E-state index in [0.717, 1.165) is 25.7 Å². The first-order chi connectivity index (χ1) is 7.13. The highest BCUT2D eigenvalue weighted by Gasteiger charge is 2.43. The zero-order valence-corrected chi connectivity index (χ0v) is 9.16. The van der Waals surface area contributed by atoms with E-state index in [-0.39, 0.29) is 17.6 Å². The third kappa shape index (κ3) is 2.32. The Kier molecular flexibility index (Phi) is 2.98. The van der Waals surface area contributed by atoms with Gasteiger partial charge in [0.25, 0.3) is 0 Å². The first kappa shape index (κ1) is 10.9. The summed E-state index contributed by atoms with van der Waals surface area (Å²) >= 11 is 0. The number of fused-ring (bicyclic) bond motifs is 2. The molecule has 0 aromatic rings. The van der Waals surface area contributed by atoms with Crippen LogP contribution in [-0.4, -0.2) is 35.9 Å². The summed E-state index contributed by atoms with van der Waals surface area (Å²) in [7, 11) is 1.42. The molecule has 0 aromatic heterocycles. The fourth-order valence-electron chi connectivity index (χ4n) is 3.02. The minimum atomic E-state index is -0.263. The van der Waals surface area contributed by atoms with E-state index < -0.39 is 0 Å². The molecule has 15 heavy (non-hydrogen) atoms. The molecule has 3 unspecified atom stereocenters. The number of aliphatic hydroxyl groups is 1. The molecule has 86 valence electrons. The zero-order chi connectivity index (χ0) is 10.9. The lowest BCUT2D eigenvalue weighted by Gasteiger charge is -2.47.